The van der Waals surface area contributed by atoms with Gasteiger partial charge in [0.05, 0.1) is 0 Å². The normalized spacial score (nSPS) is 10.5. The number of carbonyl (C=O) groups excluding carboxylic acids is 2. The fourth-order valence-corrected chi connectivity index (χ4v) is 3.03. The van der Waals surface area contributed by atoms with Gasteiger partial charge in [0, 0.05) is 17.2 Å². The lowest BCUT2D eigenvalue weighted by molar-refractivity contribution is -0.144. The molecular weight excluding hydrogens is 392 g/mol. The number of benzene rings is 3. The highest BCUT2D eigenvalue weighted by Gasteiger charge is 2.12. The van der Waals surface area contributed by atoms with Crippen molar-refractivity contribution in [3.8, 4) is 22.4 Å². The van der Waals surface area contributed by atoms with Crippen LogP contribution in [-0.2, 0) is 16.1 Å². The number of aromatic nitrogens is 1. The first-order valence-electron chi connectivity index (χ1n) is 9.79. The molecular formula is C25H20N2O4. The molecule has 0 unspecified atom stereocenters. The van der Waals surface area contributed by atoms with Crippen molar-refractivity contribution < 1.29 is 18.8 Å². The SMILES string of the molecule is O=C(CNC(=O)c1ccc(-c2ccccc2)cc1)OCc1cc(-c2ccccc2)no1. The van der Waals surface area contributed by atoms with E-state index < -0.39 is 5.97 Å². The molecule has 31 heavy (non-hydrogen) atoms. The first-order chi connectivity index (χ1) is 15.2. The van der Waals surface area contributed by atoms with E-state index in [4.69, 9.17) is 9.26 Å². The molecule has 0 aliphatic rings. The van der Waals surface area contributed by atoms with E-state index in [1.54, 1.807) is 18.2 Å². The molecule has 1 N–H and O–H groups in total. The third kappa shape index (κ3) is 5.25. The van der Waals surface area contributed by atoms with Crippen LogP contribution in [0.4, 0.5) is 0 Å². The summed E-state index contributed by atoms with van der Waals surface area (Å²) in [6, 6.07) is 28.3. The minimum Gasteiger partial charge on any atom is -0.456 e. The van der Waals surface area contributed by atoms with Gasteiger partial charge in [-0.05, 0) is 23.3 Å². The maximum absolute atomic E-state index is 12.3. The highest BCUT2D eigenvalue weighted by molar-refractivity contribution is 5.96. The van der Waals surface area contributed by atoms with Crippen molar-refractivity contribution in [1.29, 1.82) is 0 Å². The summed E-state index contributed by atoms with van der Waals surface area (Å²) >= 11 is 0. The van der Waals surface area contributed by atoms with Crippen LogP contribution < -0.4 is 5.32 Å². The van der Waals surface area contributed by atoms with Gasteiger partial charge in [0.1, 0.15) is 12.2 Å². The summed E-state index contributed by atoms with van der Waals surface area (Å²) in [5.41, 5.74) is 4.13. The van der Waals surface area contributed by atoms with Gasteiger partial charge in [0.15, 0.2) is 12.4 Å². The molecule has 0 aliphatic carbocycles. The van der Waals surface area contributed by atoms with Gasteiger partial charge in [-0.1, -0.05) is 78.0 Å². The zero-order chi connectivity index (χ0) is 21.5. The second-order valence-corrected chi connectivity index (χ2v) is 6.83. The minimum atomic E-state index is -0.563. The Morgan fingerprint density at radius 2 is 1.42 bits per heavy atom. The number of ether oxygens (including phenoxy) is 1. The molecule has 1 aromatic heterocycles. The molecule has 0 atom stereocenters. The summed E-state index contributed by atoms with van der Waals surface area (Å²) < 4.78 is 10.4. The zero-order valence-corrected chi connectivity index (χ0v) is 16.7. The summed E-state index contributed by atoms with van der Waals surface area (Å²) in [7, 11) is 0. The van der Waals surface area contributed by atoms with Crippen LogP contribution in [0.15, 0.2) is 95.5 Å². The largest absolute Gasteiger partial charge is 0.456 e. The van der Waals surface area contributed by atoms with Gasteiger partial charge in [-0.25, -0.2) is 0 Å². The molecule has 0 aliphatic heterocycles. The van der Waals surface area contributed by atoms with Gasteiger partial charge in [-0.15, -0.1) is 0 Å². The quantitative estimate of drug-likeness (QED) is 0.453. The predicted molar refractivity (Wildman–Crippen MR) is 116 cm³/mol. The van der Waals surface area contributed by atoms with Crippen LogP contribution in [0.3, 0.4) is 0 Å². The Bertz CT molecular complexity index is 1150. The molecule has 3 aromatic carbocycles. The molecule has 6 nitrogen and oxygen atoms in total. The summed E-state index contributed by atoms with van der Waals surface area (Å²) in [6.07, 6.45) is 0. The van der Waals surface area contributed by atoms with Gasteiger partial charge in [0.25, 0.3) is 5.91 Å². The first kappa shape index (κ1) is 20.1. The van der Waals surface area contributed by atoms with E-state index in [0.29, 0.717) is 17.0 Å². The number of rotatable bonds is 7. The van der Waals surface area contributed by atoms with Crippen molar-refractivity contribution in [3.63, 3.8) is 0 Å². The number of nitrogens with one attached hydrogen (secondary N) is 1. The molecule has 6 heteroatoms. The van der Waals surface area contributed by atoms with Crippen LogP contribution in [0.2, 0.25) is 0 Å². The van der Waals surface area contributed by atoms with Crippen LogP contribution in [0, 0.1) is 0 Å². The van der Waals surface area contributed by atoms with E-state index in [1.165, 1.54) is 0 Å². The molecule has 0 spiro atoms. The Morgan fingerprint density at radius 1 is 0.806 bits per heavy atom. The lowest BCUT2D eigenvalue weighted by Crippen LogP contribution is -2.30. The second-order valence-electron chi connectivity index (χ2n) is 6.83. The molecule has 0 saturated carbocycles. The van der Waals surface area contributed by atoms with E-state index >= 15 is 0 Å². The average Bonchev–Trinajstić information content (AvgIpc) is 3.31. The number of hydrogen-bond acceptors (Lipinski definition) is 5. The van der Waals surface area contributed by atoms with Crippen molar-refractivity contribution >= 4 is 11.9 Å². The summed E-state index contributed by atoms with van der Waals surface area (Å²) in [5, 5.41) is 6.54. The van der Waals surface area contributed by atoms with Gasteiger partial charge in [-0.2, -0.15) is 0 Å². The van der Waals surface area contributed by atoms with Crippen molar-refractivity contribution in [2.24, 2.45) is 0 Å². The van der Waals surface area contributed by atoms with Crippen molar-refractivity contribution in [3.05, 3.63) is 102 Å². The topological polar surface area (TPSA) is 81.4 Å². The van der Waals surface area contributed by atoms with Gasteiger partial charge in [-0.3, -0.25) is 9.59 Å². The number of hydrogen-bond donors (Lipinski definition) is 1. The lowest BCUT2D eigenvalue weighted by Gasteiger charge is -2.06. The zero-order valence-electron chi connectivity index (χ0n) is 16.7. The van der Waals surface area contributed by atoms with E-state index in [2.05, 4.69) is 10.5 Å². The Balaban J connectivity index is 1.25. The van der Waals surface area contributed by atoms with Crippen LogP contribution in [-0.4, -0.2) is 23.6 Å². The molecule has 4 aromatic rings. The molecule has 0 bridgehead atoms. The van der Waals surface area contributed by atoms with Crippen molar-refractivity contribution in [2.45, 2.75) is 6.61 Å². The molecule has 0 saturated heterocycles. The minimum absolute atomic E-state index is 0.0552. The lowest BCUT2D eigenvalue weighted by atomic mass is 10.0. The Kier molecular flexibility index (Phi) is 6.18. The summed E-state index contributed by atoms with van der Waals surface area (Å²) in [4.78, 5) is 24.3. The van der Waals surface area contributed by atoms with Gasteiger partial charge in [0.2, 0.25) is 0 Å². The predicted octanol–water partition coefficient (Wildman–Crippen LogP) is 4.48. The van der Waals surface area contributed by atoms with E-state index in [0.717, 1.165) is 16.7 Å². The number of esters is 1. The second kappa shape index (κ2) is 9.54. The van der Waals surface area contributed by atoms with Crippen molar-refractivity contribution in [1.82, 2.24) is 10.5 Å². The smallest absolute Gasteiger partial charge is 0.325 e. The van der Waals surface area contributed by atoms with Gasteiger partial charge >= 0.3 is 5.97 Å². The molecule has 0 fully saturated rings. The van der Waals surface area contributed by atoms with Crippen LogP contribution in [0.5, 0.6) is 0 Å². The average molecular weight is 412 g/mol. The Labute approximate surface area is 179 Å². The summed E-state index contributed by atoms with van der Waals surface area (Å²) in [5.74, 6) is -0.482. The Morgan fingerprint density at radius 3 is 2.10 bits per heavy atom. The van der Waals surface area contributed by atoms with E-state index in [-0.39, 0.29) is 19.1 Å². The summed E-state index contributed by atoms with van der Waals surface area (Å²) in [6.45, 7) is -0.292. The van der Waals surface area contributed by atoms with Crippen LogP contribution in [0.25, 0.3) is 22.4 Å². The highest BCUT2D eigenvalue weighted by atomic mass is 16.5. The molecule has 1 amide bonds. The maximum atomic E-state index is 12.3. The third-order valence-corrected chi connectivity index (χ3v) is 4.65. The first-order valence-corrected chi connectivity index (χ1v) is 9.79. The maximum Gasteiger partial charge on any atom is 0.325 e. The fourth-order valence-electron chi connectivity index (χ4n) is 3.03. The van der Waals surface area contributed by atoms with Crippen LogP contribution in [0.1, 0.15) is 16.1 Å². The molecule has 154 valence electrons. The number of amides is 1. The molecule has 0 radical (unpaired) electrons. The number of carbonyl (C=O) groups is 2. The molecule has 4 rings (SSSR count). The number of nitrogens with zero attached hydrogens (tertiary/aromatic N) is 1. The van der Waals surface area contributed by atoms with Gasteiger partial charge < -0.3 is 14.6 Å². The Hall–Kier alpha value is -4.19. The van der Waals surface area contributed by atoms with Crippen LogP contribution >= 0.6 is 0 Å². The fraction of sp³-hybridized carbons (Fsp3) is 0.0800. The highest BCUT2D eigenvalue weighted by Crippen LogP contribution is 2.20. The van der Waals surface area contributed by atoms with Crippen molar-refractivity contribution in [2.75, 3.05) is 6.54 Å². The van der Waals surface area contributed by atoms with E-state index in [9.17, 15) is 9.59 Å². The molecule has 1 heterocycles. The third-order valence-electron chi connectivity index (χ3n) is 4.65. The van der Waals surface area contributed by atoms with E-state index in [1.807, 2.05) is 72.8 Å². The monoisotopic (exact) mass is 412 g/mol. The standard InChI is InChI=1S/C25H20N2O4/c28-24(30-17-22-15-23(27-31-22)20-9-5-2-6-10-20)16-26-25(29)21-13-11-19(12-14-21)18-7-3-1-4-8-18/h1-15H,16-17H2,(H,26,29).